The van der Waals surface area contributed by atoms with Crippen LogP contribution in [0.2, 0.25) is 0 Å². The van der Waals surface area contributed by atoms with Crippen molar-refractivity contribution in [1.29, 1.82) is 0 Å². The van der Waals surface area contributed by atoms with Crippen LogP contribution in [0.15, 0.2) is 59.5 Å². The van der Waals surface area contributed by atoms with Crippen molar-refractivity contribution >= 4 is 164 Å². The lowest BCUT2D eigenvalue weighted by Gasteiger charge is -2.13. The molecule has 0 amide bonds. The maximum atomic E-state index is 13.3. The van der Waals surface area contributed by atoms with Crippen molar-refractivity contribution in [3.05, 3.63) is 92.7 Å². The number of hydrogen-bond acceptors (Lipinski definition) is 10. The number of benzene rings is 4. The average Bonchev–Trinajstić information content (AvgIpc) is 2.91. The fraction of sp³-hybridized carbons (Fsp3) is 0. The third-order valence-electron chi connectivity index (χ3n) is 5.47. The number of aromatic hydroxyl groups is 2. The Balaban J connectivity index is 1.73. The van der Waals surface area contributed by atoms with Gasteiger partial charge in [-0.15, -0.1) is 0 Å². The highest BCUT2D eigenvalue weighted by Crippen LogP contribution is 2.33. The molecule has 0 saturated carbocycles. The summed E-state index contributed by atoms with van der Waals surface area (Å²) >= 11 is 11.0. The summed E-state index contributed by atoms with van der Waals surface area (Å²) in [6, 6.07) is 12.0. The van der Waals surface area contributed by atoms with Crippen molar-refractivity contribution < 1.29 is 51.8 Å². The fourth-order valence-corrected chi connectivity index (χ4v) is 11.3. The van der Waals surface area contributed by atoms with E-state index in [-0.39, 0.29) is 57.5 Å². The van der Waals surface area contributed by atoms with Crippen LogP contribution in [0.3, 0.4) is 0 Å². The van der Waals surface area contributed by atoms with Crippen molar-refractivity contribution in [3.8, 4) is 28.7 Å². The molecule has 18 heteroatoms. The van der Waals surface area contributed by atoms with Gasteiger partial charge < -0.3 is 24.4 Å². The molecule has 0 heterocycles. The minimum atomic E-state index is -4.55. The van der Waals surface area contributed by atoms with E-state index in [9.17, 15) is 37.6 Å². The summed E-state index contributed by atoms with van der Waals surface area (Å²) in [6.45, 7) is 0. The minimum Gasteiger partial charge on any atom is -0.506 e. The fourth-order valence-electron chi connectivity index (χ4n) is 3.58. The van der Waals surface area contributed by atoms with E-state index in [0.29, 0.717) is 14.3 Å². The lowest BCUT2D eigenvalue weighted by atomic mass is 10.1. The molecule has 0 bridgehead atoms. The Bertz CT molecular complexity index is 1900. The second-order valence-electron chi connectivity index (χ2n) is 8.62. The molecule has 0 aromatic heterocycles. The summed E-state index contributed by atoms with van der Waals surface area (Å²) in [6.07, 6.45) is 0. The molecule has 234 valence electrons. The molecule has 11 nitrogen and oxygen atoms in total. The molecule has 0 saturated heterocycles. The van der Waals surface area contributed by atoms with Crippen molar-refractivity contribution in [1.82, 2.24) is 0 Å². The molecule has 0 aliphatic rings. The molecular formula is C27H12I6O11S. The summed E-state index contributed by atoms with van der Waals surface area (Å²) in [5.41, 5.74) is -0.548. The van der Waals surface area contributed by atoms with Gasteiger partial charge in [0.1, 0.15) is 44.8 Å². The zero-order valence-electron chi connectivity index (χ0n) is 21.5. The number of carbonyl (C=O) groups is 3. The molecule has 0 unspecified atom stereocenters. The quantitative estimate of drug-likeness (QED) is 0.0719. The Hall–Kier alpha value is -0.820. The highest BCUT2D eigenvalue weighted by atomic mass is 127. The first-order chi connectivity index (χ1) is 20.9. The van der Waals surface area contributed by atoms with E-state index in [0.717, 1.165) is 18.2 Å². The lowest BCUT2D eigenvalue weighted by Crippen LogP contribution is -2.14. The molecule has 45 heavy (non-hydrogen) atoms. The summed E-state index contributed by atoms with van der Waals surface area (Å²) < 4.78 is 51.6. The van der Waals surface area contributed by atoms with Crippen molar-refractivity contribution in [2.24, 2.45) is 0 Å². The van der Waals surface area contributed by atoms with Gasteiger partial charge in [-0.3, -0.25) is 4.55 Å². The number of phenolic OH excluding ortho intramolecular Hbond substituents is 2. The normalized spacial score (nSPS) is 11.2. The lowest BCUT2D eigenvalue weighted by molar-refractivity contribution is 0.0703. The summed E-state index contributed by atoms with van der Waals surface area (Å²) in [4.78, 5) is 39.0. The van der Waals surface area contributed by atoms with Gasteiger partial charge in [0.15, 0.2) is 0 Å². The zero-order chi connectivity index (χ0) is 33.4. The molecule has 0 radical (unpaired) electrons. The Morgan fingerprint density at radius 3 is 1.31 bits per heavy atom. The van der Waals surface area contributed by atoms with Crippen LogP contribution in [0.5, 0.6) is 28.7 Å². The first kappa shape index (κ1) is 37.0. The van der Waals surface area contributed by atoms with Crippen LogP contribution in [0, 0.1) is 21.4 Å². The first-order valence-electron chi connectivity index (χ1n) is 11.6. The van der Waals surface area contributed by atoms with Crippen LogP contribution in [-0.4, -0.2) is 41.1 Å². The Labute approximate surface area is 336 Å². The van der Waals surface area contributed by atoms with E-state index in [4.69, 9.17) is 14.2 Å². The SMILES string of the molecule is O=C(Oc1cc(I)c(S(=O)(=O)O)c(I)c1)c1cc(OC(=O)c2cc(I)cc(I)c2O)cc(OC(=O)c2cc(I)cc(I)c2O)c1. The van der Waals surface area contributed by atoms with E-state index in [2.05, 4.69) is 0 Å². The summed E-state index contributed by atoms with van der Waals surface area (Å²) in [5, 5.41) is 20.9. The predicted octanol–water partition coefficient (Wildman–Crippen LogP) is 7.63. The second-order valence-corrected chi connectivity index (χ2v) is 17.1. The van der Waals surface area contributed by atoms with Crippen LogP contribution < -0.4 is 14.2 Å². The molecule has 0 aliphatic carbocycles. The minimum absolute atomic E-state index is 0.0705. The van der Waals surface area contributed by atoms with Crippen LogP contribution >= 0.6 is 136 Å². The molecule has 4 aromatic rings. The largest absolute Gasteiger partial charge is 0.506 e. The molecule has 0 atom stereocenters. The van der Waals surface area contributed by atoms with Crippen LogP contribution in [0.4, 0.5) is 0 Å². The monoisotopic (exact) mass is 1310 g/mol. The number of carbonyl (C=O) groups excluding carboxylic acids is 3. The number of hydrogen-bond donors (Lipinski definition) is 3. The summed E-state index contributed by atoms with van der Waals surface area (Å²) in [7, 11) is -4.55. The van der Waals surface area contributed by atoms with Gasteiger partial charge in [0.2, 0.25) is 0 Å². The molecule has 4 aromatic carbocycles. The maximum absolute atomic E-state index is 13.3. The molecule has 0 fully saturated rings. The van der Waals surface area contributed by atoms with E-state index in [1.807, 2.05) is 90.4 Å². The second kappa shape index (κ2) is 15.2. The van der Waals surface area contributed by atoms with E-state index in [1.54, 1.807) is 57.3 Å². The van der Waals surface area contributed by atoms with Crippen molar-refractivity contribution in [2.45, 2.75) is 4.90 Å². The Kier molecular flexibility index (Phi) is 12.5. The van der Waals surface area contributed by atoms with Gasteiger partial charge in [0.25, 0.3) is 10.1 Å². The van der Waals surface area contributed by atoms with E-state index < -0.39 is 28.0 Å². The number of esters is 3. The zero-order valence-corrected chi connectivity index (χ0v) is 35.2. The van der Waals surface area contributed by atoms with Gasteiger partial charge >= 0.3 is 17.9 Å². The molecule has 0 aliphatic heterocycles. The van der Waals surface area contributed by atoms with Gasteiger partial charge in [-0.2, -0.15) is 8.42 Å². The van der Waals surface area contributed by atoms with Crippen molar-refractivity contribution in [3.63, 3.8) is 0 Å². The van der Waals surface area contributed by atoms with Crippen molar-refractivity contribution in [2.75, 3.05) is 0 Å². The third-order valence-corrected chi connectivity index (χ3v) is 11.8. The molecular weight excluding hydrogens is 1290 g/mol. The molecule has 3 N–H and O–H groups in total. The number of phenols is 2. The van der Waals surface area contributed by atoms with E-state index in [1.165, 1.54) is 24.3 Å². The topological polar surface area (TPSA) is 174 Å². The van der Waals surface area contributed by atoms with Crippen LogP contribution in [0.25, 0.3) is 0 Å². The van der Waals surface area contributed by atoms with Gasteiger partial charge in [0, 0.05) is 20.3 Å². The van der Waals surface area contributed by atoms with Crippen LogP contribution in [-0.2, 0) is 10.1 Å². The number of rotatable bonds is 7. The van der Waals surface area contributed by atoms with E-state index >= 15 is 0 Å². The number of halogens is 6. The van der Waals surface area contributed by atoms with Gasteiger partial charge in [-0.25, -0.2) is 14.4 Å². The Morgan fingerprint density at radius 1 is 0.533 bits per heavy atom. The highest BCUT2D eigenvalue weighted by molar-refractivity contribution is 14.1. The number of ether oxygens (including phenoxy) is 3. The molecule has 0 spiro atoms. The first-order valence-corrected chi connectivity index (χ1v) is 19.5. The molecule has 4 rings (SSSR count). The summed E-state index contributed by atoms with van der Waals surface area (Å²) in [5.74, 6) is -4.15. The van der Waals surface area contributed by atoms with Gasteiger partial charge in [-0.1, -0.05) is 0 Å². The maximum Gasteiger partial charge on any atom is 0.347 e. The standard InChI is InChI=1S/C27H12I6O11S/c28-11-3-16(22(34)18(30)5-11)26(37)43-13-1-10(25(36)42-15-8-20(32)24(21(33)9-15)45(39,40)41)2-14(7-13)44-27(38)17-4-12(29)6-19(31)23(17)35/h1-9,34-35H,(H,39,40,41). The highest BCUT2D eigenvalue weighted by Gasteiger charge is 2.24. The van der Waals surface area contributed by atoms with Gasteiger partial charge in [0.05, 0.1) is 12.7 Å². The average molecular weight is 1310 g/mol. The van der Waals surface area contributed by atoms with Gasteiger partial charge in [-0.05, 0) is 184 Å². The predicted molar refractivity (Wildman–Crippen MR) is 210 cm³/mol. The smallest absolute Gasteiger partial charge is 0.347 e. The van der Waals surface area contributed by atoms with Crippen LogP contribution in [0.1, 0.15) is 31.1 Å². The third kappa shape index (κ3) is 9.21. The Morgan fingerprint density at radius 2 is 0.911 bits per heavy atom.